The Kier molecular flexibility index (Phi) is 8.27. The van der Waals surface area contributed by atoms with Crippen LogP contribution in [0.25, 0.3) is 32.1 Å². The van der Waals surface area contributed by atoms with Crippen molar-refractivity contribution in [2.75, 3.05) is 50.4 Å². The number of amides is 1. The first-order valence-electron chi connectivity index (χ1n) is 17.2. The standard InChI is InChI=1S/C36H36ClF4N7O2S/c1-18(25-6-5-10-46(25)2)50-34-44-29-20(12-23(37)27(28(29)39)19-7-8-24(38)30-26(19)21(14-42)31(43)51-30)32(45-34)47-11-4-3-9-35(15-47)16-48(17-35)33(49)22-13-36(22,40)41/h7-8,12,18,22,25H,3-6,9-11,13,15-17,43H2,1-2H3/t18-,22+,25?/m0/s1. The molecule has 2 aromatic heterocycles. The molecule has 8 rings (SSSR count). The summed E-state index contributed by atoms with van der Waals surface area (Å²) in [6.07, 6.45) is 3.68. The Bertz CT molecular complexity index is 2130. The number of fused-ring (bicyclic) bond motifs is 2. The summed E-state index contributed by atoms with van der Waals surface area (Å²) in [4.78, 5) is 28.0. The van der Waals surface area contributed by atoms with Crippen LogP contribution in [0, 0.1) is 34.3 Å². The van der Waals surface area contributed by atoms with Gasteiger partial charge < -0.3 is 20.3 Å². The average Bonchev–Trinajstić information content (AvgIpc) is 3.40. The summed E-state index contributed by atoms with van der Waals surface area (Å²) in [6, 6.07) is 6.29. The molecule has 4 aliphatic rings. The SMILES string of the molecule is C[C@H](Oc1nc(N2CCCCC3(CN(C(=O)[C@H]4CC4(F)F)C3)C2)c2cc(Cl)c(-c3ccc(F)c4sc(N)c(C#N)c34)c(F)c2n1)C1CCCN1C. The van der Waals surface area contributed by atoms with Gasteiger partial charge in [0, 0.05) is 60.4 Å². The maximum Gasteiger partial charge on any atom is 0.319 e. The van der Waals surface area contributed by atoms with Gasteiger partial charge in [-0.3, -0.25) is 9.69 Å². The van der Waals surface area contributed by atoms with E-state index in [0.717, 1.165) is 50.0 Å². The van der Waals surface area contributed by atoms with Gasteiger partial charge in [-0.05, 0) is 63.9 Å². The van der Waals surface area contributed by atoms with Gasteiger partial charge in [0.15, 0.2) is 5.82 Å². The molecule has 4 aromatic rings. The smallest absolute Gasteiger partial charge is 0.319 e. The molecule has 268 valence electrons. The van der Waals surface area contributed by atoms with E-state index in [1.165, 1.54) is 17.0 Å². The van der Waals surface area contributed by atoms with E-state index in [-0.39, 0.29) is 65.9 Å². The number of nitrogens with two attached hydrogens (primary N) is 1. The van der Waals surface area contributed by atoms with Crippen LogP contribution in [0.5, 0.6) is 6.01 Å². The van der Waals surface area contributed by atoms with E-state index >= 15 is 4.39 Å². The van der Waals surface area contributed by atoms with Gasteiger partial charge in [-0.1, -0.05) is 24.1 Å². The van der Waals surface area contributed by atoms with E-state index in [1.54, 1.807) is 6.07 Å². The van der Waals surface area contributed by atoms with Gasteiger partial charge in [0.1, 0.15) is 40.2 Å². The fourth-order valence-electron chi connectivity index (χ4n) is 8.41. The van der Waals surface area contributed by atoms with Gasteiger partial charge in [-0.2, -0.15) is 15.2 Å². The molecule has 1 spiro atoms. The first-order chi connectivity index (χ1) is 24.3. The predicted octanol–water partition coefficient (Wildman–Crippen LogP) is 7.23. The lowest BCUT2D eigenvalue weighted by Gasteiger charge is -2.51. The Morgan fingerprint density at radius 2 is 1.94 bits per heavy atom. The third-order valence-corrected chi connectivity index (χ3v) is 12.5. The maximum atomic E-state index is 17.1. The van der Waals surface area contributed by atoms with Crippen molar-refractivity contribution in [2.24, 2.45) is 11.3 Å². The number of hydrogen-bond acceptors (Lipinski definition) is 9. The van der Waals surface area contributed by atoms with Crippen molar-refractivity contribution in [3.63, 3.8) is 0 Å². The van der Waals surface area contributed by atoms with Crippen molar-refractivity contribution in [3.05, 3.63) is 40.4 Å². The quantitative estimate of drug-likeness (QED) is 0.206. The topological polar surface area (TPSA) is 112 Å². The number of rotatable bonds is 6. The van der Waals surface area contributed by atoms with Crippen LogP contribution in [0.4, 0.5) is 28.4 Å². The number of aromatic nitrogens is 2. The van der Waals surface area contributed by atoms with Crippen LogP contribution >= 0.6 is 22.9 Å². The predicted molar refractivity (Wildman–Crippen MR) is 188 cm³/mol. The van der Waals surface area contributed by atoms with Gasteiger partial charge >= 0.3 is 6.01 Å². The highest BCUT2D eigenvalue weighted by atomic mass is 35.5. The van der Waals surface area contributed by atoms with Crippen molar-refractivity contribution < 1.29 is 27.1 Å². The number of likely N-dealkylation sites (N-methyl/N-ethyl adjacent to an activating group) is 1. The van der Waals surface area contributed by atoms with Gasteiger partial charge in [-0.15, -0.1) is 11.3 Å². The fourth-order valence-corrected chi connectivity index (χ4v) is 9.65. The Labute approximate surface area is 300 Å². The van der Waals surface area contributed by atoms with Gasteiger partial charge in [0.2, 0.25) is 5.91 Å². The lowest BCUT2D eigenvalue weighted by molar-refractivity contribution is -0.147. The molecule has 3 aliphatic heterocycles. The van der Waals surface area contributed by atoms with Crippen LogP contribution in [-0.2, 0) is 4.79 Å². The second kappa shape index (κ2) is 12.3. The van der Waals surface area contributed by atoms with Crippen LogP contribution in [0.3, 0.4) is 0 Å². The Morgan fingerprint density at radius 3 is 2.63 bits per heavy atom. The maximum absolute atomic E-state index is 17.1. The van der Waals surface area contributed by atoms with Crippen molar-refractivity contribution >= 4 is 60.7 Å². The molecule has 0 bridgehead atoms. The van der Waals surface area contributed by atoms with E-state index in [1.807, 2.05) is 24.9 Å². The number of likely N-dealkylation sites (tertiary alicyclic amines) is 2. The summed E-state index contributed by atoms with van der Waals surface area (Å²) in [5.41, 5.74) is 5.87. The second-order valence-electron chi connectivity index (χ2n) is 14.6. The summed E-state index contributed by atoms with van der Waals surface area (Å²) < 4.78 is 66.0. The molecule has 2 N–H and O–H groups in total. The highest BCUT2D eigenvalue weighted by Gasteiger charge is 2.64. The molecule has 15 heteroatoms. The molecular formula is C36H36ClF4N7O2S. The van der Waals surface area contributed by atoms with Crippen molar-refractivity contribution in [1.29, 1.82) is 5.26 Å². The summed E-state index contributed by atoms with van der Waals surface area (Å²) in [7, 11) is 2.03. The zero-order chi connectivity index (χ0) is 36.0. The molecule has 3 saturated heterocycles. The fraction of sp³-hybridized carbons (Fsp3) is 0.500. The molecule has 4 fully saturated rings. The monoisotopic (exact) mass is 741 g/mol. The highest BCUT2D eigenvalue weighted by Crippen LogP contribution is 2.52. The molecule has 1 saturated carbocycles. The first kappa shape index (κ1) is 34.2. The zero-order valence-corrected chi connectivity index (χ0v) is 29.7. The third-order valence-electron chi connectivity index (χ3n) is 11.2. The lowest BCUT2D eigenvalue weighted by Crippen LogP contribution is -2.62. The largest absolute Gasteiger partial charge is 0.459 e. The molecular weight excluding hydrogens is 706 g/mol. The summed E-state index contributed by atoms with van der Waals surface area (Å²) >= 11 is 7.81. The number of nitrogen functional groups attached to an aromatic ring is 1. The summed E-state index contributed by atoms with van der Waals surface area (Å²) in [6.45, 7) is 4.61. The van der Waals surface area contributed by atoms with Crippen LogP contribution in [0.2, 0.25) is 5.02 Å². The molecule has 3 atom stereocenters. The van der Waals surface area contributed by atoms with Crippen molar-refractivity contribution in [1.82, 2.24) is 19.8 Å². The van der Waals surface area contributed by atoms with Crippen molar-refractivity contribution in [3.8, 4) is 23.2 Å². The minimum atomic E-state index is -2.93. The van der Waals surface area contributed by atoms with Gasteiger partial charge in [0.25, 0.3) is 5.92 Å². The normalized spacial score (nSPS) is 23.3. The van der Waals surface area contributed by atoms with Gasteiger partial charge in [0.05, 0.1) is 15.3 Å². The van der Waals surface area contributed by atoms with Crippen LogP contribution < -0.4 is 15.4 Å². The molecule has 1 amide bonds. The summed E-state index contributed by atoms with van der Waals surface area (Å²) in [5.74, 6) is -5.63. The number of anilines is 2. The van der Waals surface area contributed by atoms with E-state index in [4.69, 9.17) is 27.1 Å². The molecule has 51 heavy (non-hydrogen) atoms. The Hall–Kier alpha value is -3.93. The third kappa shape index (κ3) is 5.72. The van der Waals surface area contributed by atoms with Crippen LogP contribution in [0.15, 0.2) is 18.2 Å². The van der Waals surface area contributed by atoms with Crippen LogP contribution in [-0.4, -0.2) is 83.5 Å². The second-order valence-corrected chi connectivity index (χ2v) is 16.1. The van der Waals surface area contributed by atoms with E-state index in [9.17, 15) is 23.2 Å². The number of nitriles is 1. The molecule has 2 aromatic carbocycles. The first-order valence-corrected chi connectivity index (χ1v) is 18.4. The number of alkyl halides is 2. The number of carbonyl (C=O) groups excluding carboxylic acids is 1. The van der Waals surface area contributed by atoms with E-state index < -0.39 is 35.8 Å². The average molecular weight is 742 g/mol. The highest BCUT2D eigenvalue weighted by molar-refractivity contribution is 7.23. The number of carbonyl (C=O) groups is 1. The van der Waals surface area contributed by atoms with Gasteiger partial charge in [-0.25, -0.2) is 17.6 Å². The van der Waals surface area contributed by atoms with Crippen LogP contribution in [0.1, 0.15) is 51.0 Å². The van der Waals surface area contributed by atoms with E-state index in [0.29, 0.717) is 37.4 Å². The summed E-state index contributed by atoms with van der Waals surface area (Å²) in [5, 5.41) is 10.5. The number of ether oxygens (including phenoxy) is 1. The molecule has 1 unspecified atom stereocenters. The van der Waals surface area contributed by atoms with E-state index in [2.05, 4.69) is 9.88 Å². The molecule has 5 heterocycles. The minimum absolute atomic E-state index is 0.0105. The lowest BCUT2D eigenvalue weighted by atomic mass is 9.75. The number of benzene rings is 2. The Balaban J connectivity index is 1.23. The molecule has 9 nitrogen and oxygen atoms in total. The number of halogens is 5. The zero-order valence-electron chi connectivity index (χ0n) is 28.1. The minimum Gasteiger partial charge on any atom is -0.459 e. The number of thiophene rings is 1. The molecule has 0 radical (unpaired) electrons. The number of nitrogens with zero attached hydrogens (tertiary/aromatic N) is 6. The Morgan fingerprint density at radius 1 is 1.18 bits per heavy atom. The molecule has 1 aliphatic carbocycles. The van der Waals surface area contributed by atoms with Crippen molar-refractivity contribution in [2.45, 2.75) is 63.5 Å². The number of hydrogen-bond donors (Lipinski definition) is 1.